The van der Waals surface area contributed by atoms with E-state index in [1.165, 1.54) is 18.0 Å². The highest BCUT2D eigenvalue weighted by Crippen LogP contribution is 2.26. The van der Waals surface area contributed by atoms with Crippen molar-refractivity contribution in [1.82, 2.24) is 14.9 Å². The minimum atomic E-state index is -2.78. The Morgan fingerprint density at radius 2 is 1.97 bits per heavy atom. The number of methoxy groups -OCH3 is 1. The second-order valence-electron chi connectivity index (χ2n) is 6.17. The van der Waals surface area contributed by atoms with E-state index < -0.39 is 12.2 Å². The summed E-state index contributed by atoms with van der Waals surface area (Å²) in [5.74, 6) is 0.836. The number of benzene rings is 2. The molecule has 0 radical (unpaired) electrons. The molecular weight excluding hydrogens is 434 g/mol. The number of rotatable bonds is 8. The van der Waals surface area contributed by atoms with Gasteiger partial charge in [0.2, 0.25) is 11.0 Å². The molecule has 0 saturated carbocycles. The summed E-state index contributed by atoms with van der Waals surface area (Å²) in [6, 6.07) is 10.7. The van der Waals surface area contributed by atoms with Crippen molar-refractivity contribution in [3.05, 3.63) is 63.9 Å². The molecule has 0 saturated heterocycles. The van der Waals surface area contributed by atoms with Gasteiger partial charge in [-0.15, -0.1) is 10.2 Å². The molecule has 0 amide bonds. The Morgan fingerprint density at radius 3 is 2.63 bits per heavy atom. The van der Waals surface area contributed by atoms with Crippen LogP contribution in [0.4, 0.5) is 8.78 Å². The van der Waals surface area contributed by atoms with Crippen LogP contribution in [0.1, 0.15) is 28.9 Å². The van der Waals surface area contributed by atoms with Gasteiger partial charge in [-0.3, -0.25) is 0 Å². The van der Waals surface area contributed by atoms with E-state index in [9.17, 15) is 8.78 Å². The number of halogens is 3. The molecular formula is C20H19ClF2N4O2S. The maximum atomic E-state index is 13.1. The van der Waals surface area contributed by atoms with Gasteiger partial charge in [-0.25, -0.2) is 8.78 Å². The normalized spacial score (nSPS) is 11.4. The Labute approximate surface area is 181 Å². The number of ether oxygens (including phenoxy) is 2. The molecule has 0 aliphatic rings. The van der Waals surface area contributed by atoms with E-state index in [-0.39, 0.29) is 11.8 Å². The van der Waals surface area contributed by atoms with Gasteiger partial charge in [0.25, 0.3) is 6.43 Å². The number of thioether (sulfide) groups is 1. The third kappa shape index (κ3) is 5.09. The van der Waals surface area contributed by atoms with Crippen molar-refractivity contribution in [2.75, 3.05) is 13.4 Å². The van der Waals surface area contributed by atoms with Gasteiger partial charge in [-0.05, 0) is 60.7 Å². The third-order valence-corrected chi connectivity index (χ3v) is 5.02. The lowest BCUT2D eigenvalue weighted by Gasteiger charge is -2.13. The number of aryl methyl sites for hydroxylation is 1. The summed E-state index contributed by atoms with van der Waals surface area (Å²) in [6.07, 6.45) is 0.399. The predicted octanol–water partition coefficient (Wildman–Crippen LogP) is 5.37. The number of aromatic nitrogens is 3. The first-order valence-corrected chi connectivity index (χ1v) is 10.4. The first-order valence-electron chi connectivity index (χ1n) is 8.80. The molecule has 0 N–H and O–H groups in total. The van der Waals surface area contributed by atoms with Crippen LogP contribution in [0.5, 0.6) is 11.5 Å². The van der Waals surface area contributed by atoms with E-state index in [1.807, 2.05) is 19.1 Å². The van der Waals surface area contributed by atoms with Gasteiger partial charge >= 0.3 is 0 Å². The van der Waals surface area contributed by atoms with Crippen molar-refractivity contribution >= 4 is 29.6 Å². The van der Waals surface area contributed by atoms with Gasteiger partial charge in [0.05, 0.1) is 13.3 Å². The van der Waals surface area contributed by atoms with E-state index in [0.717, 1.165) is 15.8 Å². The number of alkyl halides is 2. The van der Waals surface area contributed by atoms with Gasteiger partial charge in [-0.2, -0.15) is 9.78 Å². The molecule has 1 aromatic heterocycles. The molecule has 0 aliphatic heterocycles. The maximum Gasteiger partial charge on any atom is 0.299 e. The Hall–Kier alpha value is -2.65. The zero-order valence-electron chi connectivity index (χ0n) is 16.5. The minimum Gasteiger partial charge on any atom is -0.496 e. The maximum absolute atomic E-state index is 13.1. The van der Waals surface area contributed by atoms with Crippen molar-refractivity contribution in [2.24, 2.45) is 5.10 Å². The lowest BCUT2D eigenvalue weighted by atomic mass is 10.1. The van der Waals surface area contributed by atoms with Crippen LogP contribution in [0.2, 0.25) is 5.02 Å². The van der Waals surface area contributed by atoms with E-state index in [2.05, 4.69) is 15.3 Å². The molecule has 0 bridgehead atoms. The lowest BCUT2D eigenvalue weighted by molar-refractivity contribution is 0.135. The molecule has 1 heterocycles. The fraction of sp³-hybridized carbons (Fsp3) is 0.250. The van der Waals surface area contributed by atoms with Crippen molar-refractivity contribution in [3.63, 3.8) is 0 Å². The fourth-order valence-electron chi connectivity index (χ4n) is 2.69. The average Bonchev–Trinajstić information content (AvgIpc) is 3.15. The predicted molar refractivity (Wildman–Crippen MR) is 113 cm³/mol. The van der Waals surface area contributed by atoms with E-state index in [1.54, 1.807) is 37.6 Å². The molecule has 6 nitrogen and oxygen atoms in total. The van der Waals surface area contributed by atoms with Crippen LogP contribution in [-0.2, 0) is 6.61 Å². The van der Waals surface area contributed by atoms with Crippen LogP contribution in [0.15, 0.2) is 46.7 Å². The van der Waals surface area contributed by atoms with Crippen LogP contribution < -0.4 is 9.47 Å². The fourth-order valence-corrected chi connectivity index (χ4v) is 3.36. The molecule has 0 atom stereocenters. The van der Waals surface area contributed by atoms with Crippen molar-refractivity contribution in [3.8, 4) is 11.5 Å². The highest BCUT2D eigenvalue weighted by Gasteiger charge is 2.19. The van der Waals surface area contributed by atoms with Crippen LogP contribution in [0, 0.1) is 6.92 Å². The average molecular weight is 453 g/mol. The molecule has 30 heavy (non-hydrogen) atoms. The van der Waals surface area contributed by atoms with E-state index in [4.69, 9.17) is 21.1 Å². The smallest absolute Gasteiger partial charge is 0.299 e. The zero-order valence-corrected chi connectivity index (χ0v) is 18.0. The molecule has 158 valence electrons. The lowest BCUT2D eigenvalue weighted by Crippen LogP contribution is -2.02. The van der Waals surface area contributed by atoms with Crippen molar-refractivity contribution in [1.29, 1.82) is 0 Å². The zero-order chi connectivity index (χ0) is 21.7. The van der Waals surface area contributed by atoms with Gasteiger partial charge in [0.1, 0.15) is 18.1 Å². The van der Waals surface area contributed by atoms with Crippen molar-refractivity contribution in [2.45, 2.75) is 25.1 Å². The molecule has 0 aliphatic carbocycles. The Bertz CT molecular complexity index is 1060. The van der Waals surface area contributed by atoms with Crippen LogP contribution >= 0.6 is 23.4 Å². The summed E-state index contributed by atoms with van der Waals surface area (Å²) in [6.45, 7) is 2.16. The van der Waals surface area contributed by atoms with E-state index in [0.29, 0.717) is 22.1 Å². The Morgan fingerprint density at radius 1 is 1.20 bits per heavy atom. The van der Waals surface area contributed by atoms with E-state index >= 15 is 0 Å². The van der Waals surface area contributed by atoms with Gasteiger partial charge in [0.15, 0.2) is 0 Å². The summed E-state index contributed by atoms with van der Waals surface area (Å²) in [5.41, 5.74) is 2.37. The molecule has 2 aromatic carbocycles. The molecule has 3 rings (SSSR count). The van der Waals surface area contributed by atoms with Gasteiger partial charge in [-0.1, -0.05) is 23.4 Å². The summed E-state index contributed by atoms with van der Waals surface area (Å²) >= 11 is 7.16. The van der Waals surface area contributed by atoms with Gasteiger partial charge < -0.3 is 9.47 Å². The Balaban J connectivity index is 1.84. The molecule has 0 unspecified atom stereocenters. The number of nitrogens with zero attached hydrogens (tertiary/aromatic N) is 4. The van der Waals surface area contributed by atoms with Crippen LogP contribution in [-0.4, -0.2) is 34.5 Å². The van der Waals surface area contributed by atoms with Crippen molar-refractivity contribution < 1.29 is 18.3 Å². The standard InChI is InChI=1S/C20H19ClF2N4O2S/c1-12-8-15(21)5-7-16(12)29-11-14-9-13(4-6-17(14)28-2)10-24-27-19(18(22)23)25-26-20(27)30-3/h4-10,18H,11H2,1-3H3. The Kier molecular flexibility index (Phi) is 7.28. The summed E-state index contributed by atoms with van der Waals surface area (Å²) in [4.78, 5) is 0. The molecule has 3 aromatic rings. The molecule has 0 fully saturated rings. The monoisotopic (exact) mass is 452 g/mol. The largest absolute Gasteiger partial charge is 0.496 e. The second-order valence-corrected chi connectivity index (χ2v) is 7.38. The number of hydrogen-bond donors (Lipinski definition) is 0. The first kappa shape index (κ1) is 22.0. The number of hydrogen-bond acceptors (Lipinski definition) is 6. The molecule has 0 spiro atoms. The van der Waals surface area contributed by atoms with Gasteiger partial charge in [0, 0.05) is 10.6 Å². The topological polar surface area (TPSA) is 61.5 Å². The highest BCUT2D eigenvalue weighted by atomic mass is 35.5. The first-order chi connectivity index (χ1) is 14.4. The molecule has 10 heteroatoms. The third-order valence-electron chi connectivity index (χ3n) is 4.16. The summed E-state index contributed by atoms with van der Waals surface area (Å²) in [5, 5.41) is 12.3. The SMILES string of the molecule is COc1ccc(C=Nn2c(SC)nnc2C(F)F)cc1COc1ccc(Cl)cc1C. The second kappa shape index (κ2) is 9.90. The quantitative estimate of drug-likeness (QED) is 0.339. The summed E-state index contributed by atoms with van der Waals surface area (Å²) < 4.78 is 38.6. The summed E-state index contributed by atoms with van der Waals surface area (Å²) in [7, 11) is 1.57. The minimum absolute atomic E-state index is 0.248. The van der Waals surface area contributed by atoms with Crippen LogP contribution in [0.3, 0.4) is 0 Å². The van der Waals surface area contributed by atoms with Crippen LogP contribution in [0.25, 0.3) is 0 Å². The highest BCUT2D eigenvalue weighted by molar-refractivity contribution is 7.98.